The molecule has 10 aromatic rings. The molecule has 1 aliphatic rings. The molecule has 0 amide bonds. The van der Waals surface area contributed by atoms with Gasteiger partial charge in [-0.3, -0.25) is 4.98 Å². The Morgan fingerprint density at radius 3 is 2.29 bits per heavy atom. The van der Waals surface area contributed by atoms with Crippen molar-refractivity contribution in [1.29, 1.82) is 0 Å². The topological polar surface area (TPSA) is 22.2 Å². The molecule has 0 saturated heterocycles. The van der Waals surface area contributed by atoms with E-state index in [1.807, 2.05) is 17.5 Å². The fourth-order valence-electron chi connectivity index (χ4n) is 8.74. The minimum Gasteiger partial charge on any atom is -0.306 e. The van der Waals surface area contributed by atoms with Gasteiger partial charge >= 0.3 is 0 Å². The van der Waals surface area contributed by atoms with E-state index in [1.165, 1.54) is 81.2 Å². The van der Waals surface area contributed by atoms with Crippen LogP contribution < -0.4 is 0 Å². The highest BCUT2D eigenvalue weighted by Crippen LogP contribution is 2.55. The first-order chi connectivity index (χ1) is 23.6. The number of fused-ring (bicyclic) bond motifs is 14. The van der Waals surface area contributed by atoms with E-state index in [-0.39, 0.29) is 5.41 Å². The van der Waals surface area contributed by atoms with Crippen LogP contribution >= 0.6 is 11.3 Å². The van der Waals surface area contributed by atoms with Gasteiger partial charge in [0.15, 0.2) is 0 Å². The zero-order valence-corrected chi connectivity index (χ0v) is 27.3. The predicted octanol–water partition coefficient (Wildman–Crippen LogP) is 11.9. The van der Waals surface area contributed by atoms with Crippen LogP contribution in [0.3, 0.4) is 0 Å². The Kier molecular flexibility index (Phi) is 5.06. The maximum atomic E-state index is 4.91. The first kappa shape index (κ1) is 26.4. The van der Waals surface area contributed by atoms with Crippen molar-refractivity contribution in [2.75, 3.05) is 0 Å². The third-order valence-corrected chi connectivity index (χ3v) is 11.9. The summed E-state index contributed by atoms with van der Waals surface area (Å²) in [5.74, 6) is 0. The SMILES string of the molecule is CC1(C)c2ccccc2-c2ccc3c(c21)c1c2ccccc2sc1n3-c1cccc(-c2c3ccccc3n3c2cnc2ccccc23)c1. The molecule has 1 aliphatic carbocycles. The highest BCUT2D eigenvalue weighted by atomic mass is 32.1. The first-order valence-corrected chi connectivity index (χ1v) is 17.4. The molecule has 0 saturated carbocycles. The molecule has 11 rings (SSSR count). The Bertz CT molecular complexity index is 2990. The quantitative estimate of drug-likeness (QED) is 0.186. The second-order valence-corrected chi connectivity index (χ2v) is 14.6. The van der Waals surface area contributed by atoms with Crippen LogP contribution in [-0.4, -0.2) is 14.0 Å². The fraction of sp³-hybridized carbons (Fsp3) is 0.0682. The molecule has 0 spiro atoms. The zero-order chi connectivity index (χ0) is 31.7. The molecule has 6 aromatic carbocycles. The van der Waals surface area contributed by atoms with Crippen molar-refractivity contribution in [3.63, 3.8) is 0 Å². The van der Waals surface area contributed by atoms with Crippen molar-refractivity contribution < 1.29 is 0 Å². The van der Waals surface area contributed by atoms with Crippen molar-refractivity contribution in [2.45, 2.75) is 19.3 Å². The van der Waals surface area contributed by atoms with Crippen LogP contribution in [-0.2, 0) is 5.41 Å². The number of nitrogens with zero attached hydrogens (tertiary/aromatic N) is 3. The number of para-hydroxylation sites is 3. The minimum absolute atomic E-state index is 0.116. The number of thiophene rings is 1. The predicted molar refractivity (Wildman–Crippen MR) is 203 cm³/mol. The summed E-state index contributed by atoms with van der Waals surface area (Å²) in [5.41, 5.74) is 14.7. The molecular weight excluding hydrogens is 603 g/mol. The molecule has 3 nitrogen and oxygen atoms in total. The summed E-state index contributed by atoms with van der Waals surface area (Å²) in [7, 11) is 0. The van der Waals surface area contributed by atoms with Crippen LogP contribution in [0, 0.1) is 0 Å². The maximum absolute atomic E-state index is 4.91. The number of benzene rings is 6. The molecule has 4 heterocycles. The Hall–Kier alpha value is -5.71. The van der Waals surface area contributed by atoms with E-state index >= 15 is 0 Å². The lowest BCUT2D eigenvalue weighted by molar-refractivity contribution is 0.666. The first-order valence-electron chi connectivity index (χ1n) is 16.6. The van der Waals surface area contributed by atoms with Gasteiger partial charge in [-0.2, -0.15) is 0 Å². The molecule has 0 unspecified atom stereocenters. The molecule has 0 N–H and O–H groups in total. The van der Waals surface area contributed by atoms with E-state index in [9.17, 15) is 0 Å². The average molecular weight is 632 g/mol. The normalized spacial score (nSPS) is 13.8. The van der Waals surface area contributed by atoms with Gasteiger partial charge in [-0.1, -0.05) is 105 Å². The van der Waals surface area contributed by atoms with Crippen molar-refractivity contribution in [2.24, 2.45) is 0 Å². The summed E-state index contributed by atoms with van der Waals surface area (Å²) in [6.45, 7) is 4.80. The number of hydrogen-bond acceptors (Lipinski definition) is 2. The number of aromatic nitrogens is 3. The van der Waals surface area contributed by atoms with Crippen molar-refractivity contribution in [3.8, 4) is 27.9 Å². The van der Waals surface area contributed by atoms with Crippen LogP contribution in [0.1, 0.15) is 25.0 Å². The Labute approximate surface area is 280 Å². The highest BCUT2D eigenvalue weighted by molar-refractivity contribution is 7.25. The van der Waals surface area contributed by atoms with Gasteiger partial charge in [0.1, 0.15) is 4.83 Å². The Morgan fingerprint density at radius 1 is 0.604 bits per heavy atom. The second kappa shape index (κ2) is 9.21. The lowest BCUT2D eigenvalue weighted by Crippen LogP contribution is -2.15. The van der Waals surface area contributed by atoms with Crippen LogP contribution in [0.4, 0.5) is 0 Å². The van der Waals surface area contributed by atoms with E-state index in [1.54, 1.807) is 0 Å². The van der Waals surface area contributed by atoms with Gasteiger partial charge in [-0.05, 0) is 70.3 Å². The molecule has 4 heteroatoms. The summed E-state index contributed by atoms with van der Waals surface area (Å²) in [4.78, 5) is 6.20. The van der Waals surface area contributed by atoms with Gasteiger partial charge in [0.05, 0.1) is 33.8 Å². The van der Waals surface area contributed by atoms with Crippen LogP contribution in [0.5, 0.6) is 0 Å². The van der Waals surface area contributed by atoms with Crippen LogP contribution in [0.2, 0.25) is 0 Å². The monoisotopic (exact) mass is 631 g/mol. The van der Waals surface area contributed by atoms with E-state index in [2.05, 4.69) is 156 Å². The molecule has 0 bridgehead atoms. The third kappa shape index (κ3) is 3.25. The maximum Gasteiger partial charge on any atom is 0.109 e. The van der Waals surface area contributed by atoms with Gasteiger partial charge in [-0.25, -0.2) is 0 Å². The van der Waals surface area contributed by atoms with Crippen LogP contribution in [0.15, 0.2) is 140 Å². The van der Waals surface area contributed by atoms with Gasteiger partial charge in [0.25, 0.3) is 0 Å². The summed E-state index contributed by atoms with van der Waals surface area (Å²) >= 11 is 1.90. The molecule has 0 atom stereocenters. The van der Waals surface area contributed by atoms with Gasteiger partial charge in [-0.15, -0.1) is 11.3 Å². The van der Waals surface area contributed by atoms with Crippen molar-refractivity contribution in [3.05, 3.63) is 151 Å². The number of rotatable bonds is 2. The molecular formula is C44H29N3S. The van der Waals surface area contributed by atoms with E-state index < -0.39 is 0 Å². The van der Waals surface area contributed by atoms with E-state index in [4.69, 9.17) is 4.98 Å². The van der Waals surface area contributed by atoms with Crippen LogP contribution in [0.25, 0.3) is 86.6 Å². The lowest BCUT2D eigenvalue weighted by atomic mass is 9.80. The minimum atomic E-state index is -0.116. The second-order valence-electron chi connectivity index (χ2n) is 13.6. The summed E-state index contributed by atoms with van der Waals surface area (Å²) in [6.07, 6.45) is 2.04. The highest BCUT2D eigenvalue weighted by Gasteiger charge is 2.38. The summed E-state index contributed by atoms with van der Waals surface area (Å²) in [6, 6.07) is 48.9. The molecule has 0 radical (unpaired) electrons. The molecule has 4 aromatic heterocycles. The van der Waals surface area contributed by atoms with E-state index in [0.29, 0.717) is 0 Å². The van der Waals surface area contributed by atoms with Gasteiger partial charge in [0.2, 0.25) is 0 Å². The van der Waals surface area contributed by atoms with Gasteiger partial charge < -0.3 is 8.97 Å². The summed E-state index contributed by atoms with van der Waals surface area (Å²) < 4.78 is 6.21. The Morgan fingerprint density at radius 2 is 1.38 bits per heavy atom. The fourth-order valence-corrected chi connectivity index (χ4v) is 9.98. The molecule has 226 valence electrons. The van der Waals surface area contributed by atoms with E-state index in [0.717, 1.165) is 16.6 Å². The third-order valence-electron chi connectivity index (χ3n) is 10.7. The molecule has 0 aliphatic heterocycles. The molecule has 0 fully saturated rings. The standard InChI is InChI=1S/C44H29N3S/c1-44(2)32-17-6-3-14-28(32)29-22-23-36-41(42(29)44)40-31-16-5-10-21-38(31)48-43(40)46(36)27-13-11-12-26(24-27)39-30-15-4-8-19-34(30)47-35-20-9-7-18-33(35)45-25-37(39)47/h3-25H,1-2H3. The van der Waals surface area contributed by atoms with Crippen molar-refractivity contribution >= 4 is 70.0 Å². The smallest absolute Gasteiger partial charge is 0.109 e. The summed E-state index contributed by atoms with van der Waals surface area (Å²) in [5, 5.41) is 5.31. The van der Waals surface area contributed by atoms with Gasteiger partial charge in [0, 0.05) is 42.9 Å². The Balaban J connectivity index is 1.24. The average Bonchev–Trinajstić information content (AvgIpc) is 3.83. The largest absolute Gasteiger partial charge is 0.306 e. The number of hydrogen-bond donors (Lipinski definition) is 0. The zero-order valence-electron chi connectivity index (χ0n) is 26.5. The van der Waals surface area contributed by atoms with Crippen molar-refractivity contribution in [1.82, 2.24) is 14.0 Å². The lowest BCUT2D eigenvalue weighted by Gasteiger charge is -2.22. The molecule has 48 heavy (non-hydrogen) atoms.